The number of nitrogens with one attached hydrogen (secondary N) is 3. The van der Waals surface area contributed by atoms with Gasteiger partial charge in [-0.15, -0.1) is 24.0 Å². The molecule has 28 heavy (non-hydrogen) atoms. The van der Waals surface area contributed by atoms with E-state index in [-0.39, 0.29) is 47.7 Å². The molecule has 1 saturated carbocycles. The van der Waals surface area contributed by atoms with Gasteiger partial charge in [0.2, 0.25) is 5.91 Å². The van der Waals surface area contributed by atoms with Crippen molar-refractivity contribution in [3.63, 3.8) is 0 Å². The van der Waals surface area contributed by atoms with Gasteiger partial charge in [-0.05, 0) is 31.7 Å². The third-order valence-corrected chi connectivity index (χ3v) is 6.42. The van der Waals surface area contributed by atoms with Gasteiger partial charge in [0.15, 0.2) is 5.96 Å². The molecule has 0 heterocycles. The maximum Gasteiger partial charge on any atom is 0.242 e. The summed E-state index contributed by atoms with van der Waals surface area (Å²) < 4.78 is 12.1. The van der Waals surface area contributed by atoms with Gasteiger partial charge in [-0.3, -0.25) is 9.00 Å². The minimum Gasteiger partial charge on any atom is -0.357 e. The van der Waals surface area contributed by atoms with E-state index in [1.807, 2.05) is 44.2 Å². The van der Waals surface area contributed by atoms with Crippen molar-refractivity contribution in [2.75, 3.05) is 18.8 Å². The van der Waals surface area contributed by atoms with E-state index in [9.17, 15) is 9.00 Å². The van der Waals surface area contributed by atoms with Crippen molar-refractivity contribution >= 4 is 46.6 Å². The van der Waals surface area contributed by atoms with Crippen LogP contribution in [0.2, 0.25) is 0 Å². The van der Waals surface area contributed by atoms with Crippen LogP contribution in [0.15, 0.2) is 35.3 Å². The molecule has 8 heteroatoms. The fourth-order valence-electron chi connectivity index (χ4n) is 3.27. The van der Waals surface area contributed by atoms with Crippen LogP contribution in [0.3, 0.4) is 0 Å². The third-order valence-electron chi connectivity index (χ3n) is 4.68. The Morgan fingerprint density at radius 2 is 1.93 bits per heavy atom. The van der Waals surface area contributed by atoms with Gasteiger partial charge in [-0.1, -0.05) is 43.7 Å². The van der Waals surface area contributed by atoms with Crippen molar-refractivity contribution < 1.29 is 9.00 Å². The number of halogens is 1. The normalized spacial score (nSPS) is 20.6. The van der Waals surface area contributed by atoms with Gasteiger partial charge in [0.05, 0.1) is 0 Å². The lowest BCUT2D eigenvalue weighted by atomic mass is 9.95. The minimum atomic E-state index is -0.749. The van der Waals surface area contributed by atoms with E-state index in [0.29, 0.717) is 18.3 Å². The Bertz CT molecular complexity index is 642. The van der Waals surface area contributed by atoms with E-state index < -0.39 is 10.8 Å². The predicted molar refractivity (Wildman–Crippen MR) is 128 cm³/mol. The van der Waals surface area contributed by atoms with Crippen molar-refractivity contribution in [2.24, 2.45) is 4.99 Å². The Morgan fingerprint density at radius 3 is 2.61 bits per heavy atom. The zero-order chi connectivity index (χ0) is 19.5. The van der Waals surface area contributed by atoms with Crippen LogP contribution >= 0.6 is 24.0 Å². The molecular weight excluding hydrogens is 487 g/mol. The summed E-state index contributed by atoms with van der Waals surface area (Å²) in [4.78, 5) is 16.5. The maximum absolute atomic E-state index is 12.1. The van der Waals surface area contributed by atoms with E-state index in [0.717, 1.165) is 37.8 Å². The molecule has 1 aliphatic carbocycles. The summed E-state index contributed by atoms with van der Waals surface area (Å²) >= 11 is 0. The van der Waals surface area contributed by atoms with Gasteiger partial charge in [-0.25, -0.2) is 4.99 Å². The Labute approximate surface area is 188 Å². The topological polar surface area (TPSA) is 82.6 Å². The fourth-order valence-corrected chi connectivity index (χ4v) is 4.62. The Hall–Kier alpha value is -1.16. The van der Waals surface area contributed by atoms with Crippen molar-refractivity contribution in [1.29, 1.82) is 0 Å². The van der Waals surface area contributed by atoms with Gasteiger partial charge < -0.3 is 16.0 Å². The van der Waals surface area contributed by atoms with Gasteiger partial charge in [-0.2, -0.15) is 0 Å². The highest BCUT2D eigenvalue weighted by molar-refractivity contribution is 14.0. The summed E-state index contributed by atoms with van der Waals surface area (Å²) in [7, 11) is -0.749. The first-order valence-electron chi connectivity index (χ1n) is 9.85. The standard InChI is InChI=1S/C20H32N4O2S.HI/c1-3-21-20(24-17-11-8-12-18(13-17)27(26)4-2)23-15-19(25)22-14-16-9-6-5-7-10-16;/h5-7,9-10,17-18H,3-4,8,11-15H2,1-2H3,(H,22,25)(H2,21,23,24);1H. The summed E-state index contributed by atoms with van der Waals surface area (Å²) in [5.74, 6) is 1.26. The van der Waals surface area contributed by atoms with Gasteiger partial charge in [0, 0.05) is 40.9 Å². The summed E-state index contributed by atoms with van der Waals surface area (Å²) in [6, 6.07) is 10.1. The average Bonchev–Trinajstić information content (AvgIpc) is 2.71. The lowest BCUT2D eigenvalue weighted by Crippen LogP contribution is -2.47. The van der Waals surface area contributed by atoms with E-state index in [4.69, 9.17) is 0 Å². The van der Waals surface area contributed by atoms with E-state index >= 15 is 0 Å². The zero-order valence-corrected chi connectivity index (χ0v) is 19.9. The zero-order valence-electron chi connectivity index (χ0n) is 16.8. The molecule has 3 unspecified atom stereocenters. The molecule has 1 aromatic rings. The largest absolute Gasteiger partial charge is 0.357 e. The molecule has 1 aromatic carbocycles. The maximum atomic E-state index is 12.1. The number of carbonyl (C=O) groups excluding carboxylic acids is 1. The first-order valence-corrected chi connectivity index (χ1v) is 11.2. The third kappa shape index (κ3) is 8.89. The highest BCUT2D eigenvalue weighted by Gasteiger charge is 2.26. The van der Waals surface area contributed by atoms with Crippen LogP contribution in [0.25, 0.3) is 0 Å². The lowest BCUT2D eigenvalue weighted by molar-refractivity contribution is -0.119. The molecule has 6 nitrogen and oxygen atoms in total. The molecule has 0 radical (unpaired) electrons. The first-order chi connectivity index (χ1) is 13.1. The van der Waals surface area contributed by atoms with Gasteiger partial charge in [0.1, 0.15) is 6.54 Å². The monoisotopic (exact) mass is 520 g/mol. The van der Waals surface area contributed by atoms with Crippen molar-refractivity contribution in [2.45, 2.75) is 57.4 Å². The summed E-state index contributed by atoms with van der Waals surface area (Å²) in [5, 5.41) is 9.77. The fraction of sp³-hybridized carbons (Fsp3) is 0.600. The molecular formula is C20H33IN4O2S. The lowest BCUT2D eigenvalue weighted by Gasteiger charge is -2.30. The molecule has 0 saturated heterocycles. The quantitative estimate of drug-likeness (QED) is 0.280. The van der Waals surface area contributed by atoms with Crippen LogP contribution in [-0.4, -0.2) is 46.2 Å². The molecule has 1 fully saturated rings. The number of guanidine groups is 1. The molecule has 1 amide bonds. The number of rotatable bonds is 8. The van der Waals surface area contributed by atoms with Crippen LogP contribution in [0.4, 0.5) is 0 Å². The number of nitrogens with zero attached hydrogens (tertiary/aromatic N) is 1. The Balaban J connectivity index is 0.00000392. The van der Waals surface area contributed by atoms with Crippen LogP contribution in [0, 0.1) is 0 Å². The summed E-state index contributed by atoms with van der Waals surface area (Å²) in [6.45, 7) is 5.30. The molecule has 3 atom stereocenters. The van der Waals surface area contributed by atoms with Crippen LogP contribution in [-0.2, 0) is 22.1 Å². The molecule has 3 N–H and O–H groups in total. The average molecular weight is 520 g/mol. The predicted octanol–water partition coefficient (Wildman–Crippen LogP) is 2.56. The molecule has 0 bridgehead atoms. The number of hydrogen-bond acceptors (Lipinski definition) is 3. The molecule has 158 valence electrons. The summed E-state index contributed by atoms with van der Waals surface area (Å²) in [6.07, 6.45) is 4.05. The first kappa shape index (κ1) is 24.9. The molecule has 0 spiro atoms. The van der Waals surface area contributed by atoms with Crippen LogP contribution < -0.4 is 16.0 Å². The van der Waals surface area contributed by atoms with Gasteiger partial charge >= 0.3 is 0 Å². The van der Waals surface area contributed by atoms with E-state index in [2.05, 4.69) is 20.9 Å². The van der Waals surface area contributed by atoms with E-state index in [1.165, 1.54) is 0 Å². The second kappa shape index (κ2) is 13.9. The number of hydrogen-bond donors (Lipinski definition) is 3. The highest BCUT2D eigenvalue weighted by Crippen LogP contribution is 2.22. The van der Waals surface area contributed by atoms with Crippen molar-refractivity contribution in [3.05, 3.63) is 35.9 Å². The van der Waals surface area contributed by atoms with Crippen LogP contribution in [0.5, 0.6) is 0 Å². The Morgan fingerprint density at radius 1 is 1.18 bits per heavy atom. The molecule has 2 rings (SSSR count). The number of aliphatic imine (C=N–C) groups is 1. The Kier molecular flexibility index (Phi) is 12.4. The molecule has 0 aliphatic heterocycles. The van der Waals surface area contributed by atoms with E-state index in [1.54, 1.807) is 0 Å². The minimum absolute atomic E-state index is 0. The second-order valence-electron chi connectivity index (χ2n) is 6.76. The number of carbonyl (C=O) groups is 1. The molecule has 1 aliphatic rings. The van der Waals surface area contributed by atoms with Crippen molar-refractivity contribution in [3.8, 4) is 0 Å². The van der Waals surface area contributed by atoms with Gasteiger partial charge in [0.25, 0.3) is 0 Å². The SMILES string of the molecule is CCNC(=NCC(=O)NCc1ccccc1)NC1CCCC(S(=O)CC)C1.I. The van der Waals surface area contributed by atoms with Crippen molar-refractivity contribution in [1.82, 2.24) is 16.0 Å². The molecule has 0 aromatic heterocycles. The highest BCUT2D eigenvalue weighted by atomic mass is 127. The summed E-state index contributed by atoms with van der Waals surface area (Å²) in [5.41, 5.74) is 1.07. The van der Waals surface area contributed by atoms with Crippen LogP contribution in [0.1, 0.15) is 45.1 Å². The second-order valence-corrected chi connectivity index (χ2v) is 8.76. The number of amides is 1. The number of benzene rings is 1. The smallest absolute Gasteiger partial charge is 0.242 e.